The summed E-state index contributed by atoms with van der Waals surface area (Å²) in [6, 6.07) is 5.49. The molecule has 0 saturated carbocycles. The fourth-order valence-corrected chi connectivity index (χ4v) is 2.21. The third-order valence-corrected chi connectivity index (χ3v) is 3.13. The molecule has 1 heterocycles. The monoisotopic (exact) mass is 315 g/mol. The zero-order chi connectivity index (χ0) is 16.1. The van der Waals surface area contributed by atoms with Crippen LogP contribution < -0.4 is 4.74 Å². The van der Waals surface area contributed by atoms with E-state index in [1.54, 1.807) is 0 Å². The van der Waals surface area contributed by atoms with Crippen molar-refractivity contribution in [2.45, 2.75) is 19.1 Å². The number of rotatable bonds is 5. The van der Waals surface area contributed by atoms with E-state index in [1.165, 1.54) is 29.2 Å². The Labute approximate surface area is 125 Å². The SMILES string of the molecule is O=C(O)CC1CN(C(=O)c2cccc(OC(F)F)c2)CCO1. The van der Waals surface area contributed by atoms with Gasteiger partial charge in [-0.25, -0.2) is 0 Å². The van der Waals surface area contributed by atoms with Gasteiger partial charge < -0.3 is 19.5 Å². The fourth-order valence-electron chi connectivity index (χ4n) is 2.21. The average molecular weight is 315 g/mol. The summed E-state index contributed by atoms with van der Waals surface area (Å²) in [6.45, 7) is -2.27. The predicted octanol–water partition coefficient (Wildman–Crippen LogP) is 1.60. The van der Waals surface area contributed by atoms with Crippen molar-refractivity contribution in [2.75, 3.05) is 19.7 Å². The van der Waals surface area contributed by atoms with E-state index in [-0.39, 0.29) is 36.8 Å². The number of halogens is 2. The lowest BCUT2D eigenvalue weighted by atomic mass is 10.1. The summed E-state index contributed by atoms with van der Waals surface area (Å²) < 4.78 is 33.9. The summed E-state index contributed by atoms with van der Waals surface area (Å²) in [7, 11) is 0. The number of hydrogen-bond donors (Lipinski definition) is 1. The van der Waals surface area contributed by atoms with Gasteiger partial charge in [0.1, 0.15) is 5.75 Å². The Bertz CT molecular complexity index is 552. The van der Waals surface area contributed by atoms with Gasteiger partial charge in [-0.15, -0.1) is 0 Å². The molecule has 1 aromatic carbocycles. The third kappa shape index (κ3) is 4.39. The minimum atomic E-state index is -2.96. The number of amides is 1. The Balaban J connectivity index is 2.05. The van der Waals surface area contributed by atoms with Gasteiger partial charge in [0.15, 0.2) is 0 Å². The van der Waals surface area contributed by atoms with Crippen LogP contribution in [0.25, 0.3) is 0 Å². The van der Waals surface area contributed by atoms with E-state index >= 15 is 0 Å². The first kappa shape index (κ1) is 16.2. The van der Waals surface area contributed by atoms with E-state index in [9.17, 15) is 18.4 Å². The van der Waals surface area contributed by atoms with Crippen molar-refractivity contribution in [3.8, 4) is 5.75 Å². The van der Waals surface area contributed by atoms with Gasteiger partial charge in [-0.05, 0) is 18.2 Å². The maximum absolute atomic E-state index is 12.3. The Hall–Kier alpha value is -2.22. The van der Waals surface area contributed by atoms with Crippen molar-refractivity contribution in [2.24, 2.45) is 0 Å². The summed E-state index contributed by atoms with van der Waals surface area (Å²) in [6.07, 6.45) is -0.770. The second-order valence-electron chi connectivity index (χ2n) is 4.75. The summed E-state index contributed by atoms with van der Waals surface area (Å²) in [5, 5.41) is 8.76. The highest BCUT2D eigenvalue weighted by Crippen LogP contribution is 2.19. The van der Waals surface area contributed by atoms with E-state index in [4.69, 9.17) is 9.84 Å². The van der Waals surface area contributed by atoms with E-state index in [0.29, 0.717) is 6.54 Å². The molecule has 1 saturated heterocycles. The van der Waals surface area contributed by atoms with Crippen LogP contribution in [0.5, 0.6) is 5.75 Å². The molecule has 0 aromatic heterocycles. The van der Waals surface area contributed by atoms with Gasteiger partial charge >= 0.3 is 12.6 Å². The number of alkyl halides is 2. The number of carboxylic acids is 1. The zero-order valence-electron chi connectivity index (χ0n) is 11.6. The van der Waals surface area contributed by atoms with Crippen molar-refractivity contribution >= 4 is 11.9 Å². The molecular formula is C14H15F2NO5. The van der Waals surface area contributed by atoms with Crippen LogP contribution >= 0.6 is 0 Å². The summed E-state index contributed by atoms with van der Waals surface area (Å²) >= 11 is 0. The topological polar surface area (TPSA) is 76.1 Å². The number of hydrogen-bond acceptors (Lipinski definition) is 4. The molecular weight excluding hydrogens is 300 g/mol. The quantitative estimate of drug-likeness (QED) is 0.893. The van der Waals surface area contributed by atoms with E-state index in [1.807, 2.05) is 0 Å². The van der Waals surface area contributed by atoms with Gasteiger partial charge in [0, 0.05) is 18.7 Å². The Kier molecular flexibility index (Phi) is 5.26. The third-order valence-electron chi connectivity index (χ3n) is 3.13. The molecule has 1 aromatic rings. The van der Waals surface area contributed by atoms with Crippen LogP contribution in [0, 0.1) is 0 Å². The van der Waals surface area contributed by atoms with Gasteiger partial charge in [-0.1, -0.05) is 6.07 Å². The van der Waals surface area contributed by atoms with Crippen LogP contribution in [-0.2, 0) is 9.53 Å². The van der Waals surface area contributed by atoms with E-state index < -0.39 is 18.7 Å². The molecule has 0 spiro atoms. The molecule has 1 N–H and O–H groups in total. The molecule has 0 radical (unpaired) electrons. The minimum Gasteiger partial charge on any atom is -0.481 e. The molecule has 6 nitrogen and oxygen atoms in total. The van der Waals surface area contributed by atoms with Crippen LogP contribution in [0.2, 0.25) is 0 Å². The molecule has 0 bridgehead atoms. The Morgan fingerprint density at radius 2 is 2.23 bits per heavy atom. The first-order valence-corrected chi connectivity index (χ1v) is 6.63. The molecule has 0 aliphatic carbocycles. The summed E-state index contributed by atoms with van der Waals surface area (Å²) in [4.78, 5) is 24.5. The largest absolute Gasteiger partial charge is 0.481 e. The second kappa shape index (κ2) is 7.17. The van der Waals surface area contributed by atoms with Crippen LogP contribution in [0.4, 0.5) is 8.78 Å². The van der Waals surface area contributed by atoms with Crippen LogP contribution in [0.1, 0.15) is 16.8 Å². The van der Waals surface area contributed by atoms with E-state index in [0.717, 1.165) is 0 Å². The molecule has 1 fully saturated rings. The first-order valence-electron chi connectivity index (χ1n) is 6.63. The highest BCUT2D eigenvalue weighted by molar-refractivity contribution is 5.94. The van der Waals surface area contributed by atoms with Crippen molar-refractivity contribution in [3.05, 3.63) is 29.8 Å². The molecule has 120 valence electrons. The van der Waals surface area contributed by atoms with Crippen molar-refractivity contribution in [3.63, 3.8) is 0 Å². The second-order valence-corrected chi connectivity index (χ2v) is 4.75. The standard InChI is InChI=1S/C14H15F2NO5/c15-14(16)22-10-3-1-2-9(6-10)13(20)17-4-5-21-11(8-17)7-12(18)19/h1-3,6,11,14H,4-5,7-8H2,(H,18,19). The average Bonchev–Trinajstić information content (AvgIpc) is 2.45. The number of ether oxygens (including phenoxy) is 2. The lowest BCUT2D eigenvalue weighted by Gasteiger charge is -2.32. The predicted molar refractivity (Wildman–Crippen MR) is 71.0 cm³/mol. The van der Waals surface area contributed by atoms with Crippen LogP contribution in [0.3, 0.4) is 0 Å². The van der Waals surface area contributed by atoms with Crippen molar-refractivity contribution in [1.82, 2.24) is 4.90 Å². The van der Waals surface area contributed by atoms with Gasteiger partial charge in [0.05, 0.1) is 19.1 Å². The van der Waals surface area contributed by atoms with Gasteiger partial charge in [-0.2, -0.15) is 8.78 Å². The molecule has 1 atom stereocenters. The lowest BCUT2D eigenvalue weighted by molar-refractivity contribution is -0.141. The van der Waals surface area contributed by atoms with Crippen LogP contribution in [-0.4, -0.2) is 54.3 Å². The number of carbonyl (C=O) groups is 2. The Morgan fingerprint density at radius 1 is 1.45 bits per heavy atom. The fraction of sp³-hybridized carbons (Fsp3) is 0.429. The van der Waals surface area contributed by atoms with Crippen molar-refractivity contribution in [1.29, 1.82) is 0 Å². The number of benzene rings is 1. The summed E-state index contributed by atoms with van der Waals surface area (Å²) in [5.41, 5.74) is 0.203. The molecule has 1 amide bonds. The molecule has 2 rings (SSSR count). The first-order chi connectivity index (χ1) is 10.5. The number of aliphatic carboxylic acids is 1. The van der Waals surface area contributed by atoms with E-state index in [2.05, 4.69) is 4.74 Å². The smallest absolute Gasteiger partial charge is 0.387 e. The van der Waals surface area contributed by atoms with Crippen LogP contribution in [0.15, 0.2) is 24.3 Å². The maximum atomic E-state index is 12.3. The highest BCUT2D eigenvalue weighted by atomic mass is 19.3. The van der Waals surface area contributed by atoms with Gasteiger partial charge in [0.2, 0.25) is 0 Å². The highest BCUT2D eigenvalue weighted by Gasteiger charge is 2.26. The molecule has 1 aliphatic heterocycles. The molecule has 1 unspecified atom stereocenters. The lowest BCUT2D eigenvalue weighted by Crippen LogP contribution is -2.46. The molecule has 1 aliphatic rings. The molecule has 8 heteroatoms. The molecule has 22 heavy (non-hydrogen) atoms. The number of carboxylic acid groups (broad SMARTS) is 1. The van der Waals surface area contributed by atoms with Crippen molar-refractivity contribution < 1.29 is 33.0 Å². The number of carbonyl (C=O) groups excluding carboxylic acids is 1. The number of nitrogens with zero attached hydrogens (tertiary/aromatic N) is 1. The van der Waals surface area contributed by atoms with Gasteiger partial charge in [0.25, 0.3) is 5.91 Å². The number of morpholine rings is 1. The minimum absolute atomic E-state index is 0.101. The maximum Gasteiger partial charge on any atom is 0.387 e. The normalized spacial score (nSPS) is 18.3. The summed E-state index contributed by atoms with van der Waals surface area (Å²) in [5.74, 6) is -1.48. The zero-order valence-corrected chi connectivity index (χ0v) is 11.6. The Morgan fingerprint density at radius 3 is 2.91 bits per heavy atom. The van der Waals surface area contributed by atoms with Gasteiger partial charge in [-0.3, -0.25) is 9.59 Å².